The SMILES string of the molecule is CC(=O)N[C@H](C(=O)N[C@@H](Cc1ccc(O)cc1)C(=O)N1C[C@H](F)C[C@H]1C(=O)NN)[C@@H](C)O. The summed E-state index contributed by atoms with van der Waals surface area (Å²) in [5.41, 5.74) is 2.47. The molecule has 2 rings (SSSR count). The molecule has 0 aromatic heterocycles. The lowest BCUT2D eigenvalue weighted by atomic mass is 10.0. The Hall–Kier alpha value is -3.25. The number of phenolic OH excluding ortho intramolecular Hbond substituents is 1. The van der Waals surface area contributed by atoms with Crippen LogP contribution >= 0.6 is 0 Å². The van der Waals surface area contributed by atoms with Crippen LogP contribution in [0.3, 0.4) is 0 Å². The molecule has 176 valence electrons. The molecule has 0 bridgehead atoms. The van der Waals surface area contributed by atoms with Gasteiger partial charge in [-0.25, -0.2) is 10.2 Å². The number of nitrogens with one attached hydrogen (secondary N) is 3. The van der Waals surface area contributed by atoms with Crippen molar-refractivity contribution in [3.8, 4) is 5.75 Å². The summed E-state index contributed by atoms with van der Waals surface area (Å²) in [5, 5.41) is 24.1. The number of carbonyl (C=O) groups is 4. The number of phenols is 1. The Bertz CT molecular complexity index is 849. The van der Waals surface area contributed by atoms with E-state index in [1.54, 1.807) is 0 Å². The fourth-order valence-electron chi connectivity index (χ4n) is 3.53. The highest BCUT2D eigenvalue weighted by Crippen LogP contribution is 2.22. The number of hydrazine groups is 1. The van der Waals surface area contributed by atoms with E-state index in [4.69, 9.17) is 5.84 Å². The topological polar surface area (TPSA) is 174 Å². The third-order valence-electron chi connectivity index (χ3n) is 5.09. The number of nitrogens with two attached hydrogens (primary N) is 1. The maximum Gasteiger partial charge on any atom is 0.256 e. The molecule has 4 amide bonds. The van der Waals surface area contributed by atoms with Gasteiger partial charge in [0.25, 0.3) is 5.91 Å². The van der Waals surface area contributed by atoms with E-state index < -0.39 is 54.0 Å². The summed E-state index contributed by atoms with van der Waals surface area (Å²) in [5.74, 6) is 2.29. The van der Waals surface area contributed by atoms with E-state index in [1.807, 2.05) is 5.43 Å². The summed E-state index contributed by atoms with van der Waals surface area (Å²) in [6, 6.07) is 2.13. The Morgan fingerprint density at radius 3 is 2.38 bits per heavy atom. The number of hydrogen-bond acceptors (Lipinski definition) is 7. The second kappa shape index (κ2) is 10.9. The molecule has 1 heterocycles. The van der Waals surface area contributed by atoms with Crippen molar-refractivity contribution in [1.29, 1.82) is 0 Å². The number of aromatic hydroxyl groups is 1. The van der Waals surface area contributed by atoms with Crippen LogP contribution in [0.1, 0.15) is 25.8 Å². The zero-order valence-electron chi connectivity index (χ0n) is 17.7. The van der Waals surface area contributed by atoms with Gasteiger partial charge in [-0.2, -0.15) is 0 Å². The molecule has 1 fully saturated rings. The van der Waals surface area contributed by atoms with E-state index in [1.165, 1.54) is 38.1 Å². The number of likely N-dealkylation sites (tertiary alicyclic amines) is 1. The lowest BCUT2D eigenvalue weighted by Crippen LogP contribution is -2.59. The molecular weight excluding hydrogens is 425 g/mol. The summed E-state index contributed by atoms with van der Waals surface area (Å²) in [6.07, 6.45) is -3.00. The van der Waals surface area contributed by atoms with Gasteiger partial charge >= 0.3 is 0 Å². The van der Waals surface area contributed by atoms with Crippen LogP contribution in [0.15, 0.2) is 24.3 Å². The number of halogens is 1. The van der Waals surface area contributed by atoms with Crippen molar-refractivity contribution in [1.82, 2.24) is 21.0 Å². The number of carbonyl (C=O) groups excluding carboxylic acids is 4. The molecule has 0 spiro atoms. The Morgan fingerprint density at radius 1 is 1.22 bits per heavy atom. The van der Waals surface area contributed by atoms with Gasteiger partial charge in [-0.1, -0.05) is 12.1 Å². The predicted molar refractivity (Wildman–Crippen MR) is 110 cm³/mol. The van der Waals surface area contributed by atoms with Gasteiger partial charge in [-0.15, -0.1) is 0 Å². The minimum Gasteiger partial charge on any atom is -0.508 e. The Morgan fingerprint density at radius 2 is 1.84 bits per heavy atom. The van der Waals surface area contributed by atoms with Crippen LogP contribution in [-0.4, -0.2) is 75.7 Å². The van der Waals surface area contributed by atoms with Gasteiger partial charge in [-0.05, 0) is 24.6 Å². The fraction of sp³-hybridized carbons (Fsp3) is 0.500. The first-order chi connectivity index (χ1) is 15.0. The fourth-order valence-corrected chi connectivity index (χ4v) is 3.53. The average molecular weight is 453 g/mol. The number of hydrogen-bond donors (Lipinski definition) is 6. The third kappa shape index (κ3) is 6.37. The quantitative estimate of drug-likeness (QED) is 0.153. The maximum absolute atomic E-state index is 14.0. The van der Waals surface area contributed by atoms with Crippen molar-refractivity contribution in [2.75, 3.05) is 6.54 Å². The van der Waals surface area contributed by atoms with Crippen molar-refractivity contribution in [3.63, 3.8) is 0 Å². The number of amides is 4. The van der Waals surface area contributed by atoms with Crippen molar-refractivity contribution in [3.05, 3.63) is 29.8 Å². The molecule has 1 aromatic rings. The molecule has 7 N–H and O–H groups in total. The summed E-state index contributed by atoms with van der Waals surface area (Å²) in [6.45, 7) is 2.11. The van der Waals surface area contributed by atoms with E-state index in [0.717, 1.165) is 4.90 Å². The molecule has 1 aliphatic rings. The molecule has 1 saturated heterocycles. The predicted octanol–water partition coefficient (Wildman–Crippen LogP) is -1.77. The summed E-state index contributed by atoms with van der Waals surface area (Å²) in [4.78, 5) is 50.5. The zero-order valence-corrected chi connectivity index (χ0v) is 17.7. The van der Waals surface area contributed by atoms with Gasteiger partial charge in [0.2, 0.25) is 17.7 Å². The molecule has 32 heavy (non-hydrogen) atoms. The van der Waals surface area contributed by atoms with Gasteiger partial charge in [-0.3, -0.25) is 24.6 Å². The lowest BCUT2D eigenvalue weighted by Gasteiger charge is -2.29. The van der Waals surface area contributed by atoms with Gasteiger partial charge in [0.15, 0.2) is 0 Å². The number of alkyl halides is 1. The second-order valence-corrected chi connectivity index (χ2v) is 7.70. The Kier molecular flexibility index (Phi) is 8.49. The van der Waals surface area contributed by atoms with Crippen LogP contribution < -0.4 is 21.9 Å². The van der Waals surface area contributed by atoms with Crippen LogP contribution in [0.5, 0.6) is 5.75 Å². The van der Waals surface area contributed by atoms with E-state index in [-0.39, 0.29) is 25.1 Å². The van der Waals surface area contributed by atoms with Crippen molar-refractivity contribution < 1.29 is 33.8 Å². The average Bonchev–Trinajstić information content (AvgIpc) is 3.13. The Labute approximate surface area is 184 Å². The molecule has 0 saturated carbocycles. The number of aliphatic hydroxyl groups is 1. The first-order valence-electron chi connectivity index (χ1n) is 10.0. The molecule has 1 aromatic carbocycles. The van der Waals surface area contributed by atoms with E-state index in [9.17, 15) is 33.8 Å². The standard InChI is InChI=1S/C20H28FN5O6/c1-10(27)17(23-11(2)28)19(31)24-15(7-12-3-5-14(29)6-4-12)20(32)26-9-13(21)8-16(26)18(30)25-22/h3-6,10,13,15-17,27,29H,7-9,22H2,1-2H3,(H,23,28)(H,24,31)(H,25,30)/t10-,13-,15+,16+,17+/m1/s1. The van der Waals surface area contributed by atoms with Crippen LogP contribution in [-0.2, 0) is 25.6 Å². The molecule has 1 aliphatic heterocycles. The Balaban J connectivity index is 2.31. The van der Waals surface area contributed by atoms with Gasteiger partial charge in [0, 0.05) is 19.8 Å². The second-order valence-electron chi connectivity index (χ2n) is 7.70. The third-order valence-corrected chi connectivity index (χ3v) is 5.09. The maximum atomic E-state index is 14.0. The van der Waals surface area contributed by atoms with Crippen molar-refractivity contribution in [2.24, 2.45) is 5.84 Å². The van der Waals surface area contributed by atoms with Gasteiger partial charge in [0.1, 0.15) is 30.0 Å². The molecule has 11 nitrogen and oxygen atoms in total. The van der Waals surface area contributed by atoms with Crippen LogP contribution in [0.25, 0.3) is 0 Å². The van der Waals surface area contributed by atoms with Crippen molar-refractivity contribution >= 4 is 23.6 Å². The van der Waals surface area contributed by atoms with Crippen LogP contribution in [0.2, 0.25) is 0 Å². The summed E-state index contributed by atoms with van der Waals surface area (Å²) < 4.78 is 14.0. The molecule has 0 unspecified atom stereocenters. The first-order valence-corrected chi connectivity index (χ1v) is 10.0. The molecule has 0 aliphatic carbocycles. The summed E-state index contributed by atoms with van der Waals surface area (Å²) in [7, 11) is 0. The lowest BCUT2D eigenvalue weighted by molar-refractivity contribution is -0.142. The number of benzene rings is 1. The first kappa shape index (κ1) is 25.0. The number of aliphatic hydroxyl groups excluding tert-OH is 1. The minimum atomic E-state index is -1.45. The highest BCUT2D eigenvalue weighted by Gasteiger charge is 2.42. The van der Waals surface area contributed by atoms with E-state index in [0.29, 0.717) is 5.56 Å². The van der Waals surface area contributed by atoms with Crippen LogP contribution in [0, 0.1) is 0 Å². The smallest absolute Gasteiger partial charge is 0.256 e. The monoisotopic (exact) mass is 453 g/mol. The highest BCUT2D eigenvalue weighted by molar-refractivity contribution is 5.94. The summed E-state index contributed by atoms with van der Waals surface area (Å²) >= 11 is 0. The molecule has 0 radical (unpaired) electrons. The normalized spacial score (nSPS) is 20.7. The molecular formula is C20H28FN5O6. The van der Waals surface area contributed by atoms with Crippen LogP contribution in [0.4, 0.5) is 4.39 Å². The van der Waals surface area contributed by atoms with Gasteiger partial charge < -0.3 is 25.7 Å². The van der Waals surface area contributed by atoms with E-state index in [2.05, 4.69) is 10.6 Å². The van der Waals surface area contributed by atoms with Crippen molar-refractivity contribution in [2.45, 2.75) is 57.1 Å². The zero-order chi connectivity index (χ0) is 24.0. The minimum absolute atomic E-state index is 0.0000143. The number of rotatable bonds is 8. The van der Waals surface area contributed by atoms with E-state index >= 15 is 0 Å². The van der Waals surface area contributed by atoms with Gasteiger partial charge in [0.05, 0.1) is 12.6 Å². The molecule has 12 heteroatoms. The largest absolute Gasteiger partial charge is 0.508 e. The molecule has 5 atom stereocenters. The highest BCUT2D eigenvalue weighted by atomic mass is 19.1. The number of nitrogens with zero attached hydrogens (tertiary/aromatic N) is 1.